The largest absolute Gasteiger partial charge is 0.389 e. The van der Waals surface area contributed by atoms with E-state index in [-0.39, 0.29) is 10.6 Å². The highest BCUT2D eigenvalue weighted by Crippen LogP contribution is 2.28. The lowest BCUT2D eigenvalue weighted by Gasteiger charge is -2.12. The summed E-state index contributed by atoms with van der Waals surface area (Å²) < 4.78 is 12.3. The minimum atomic E-state index is -0.905. The van der Waals surface area contributed by atoms with Gasteiger partial charge in [0, 0.05) is 6.42 Å². The van der Waals surface area contributed by atoms with Crippen molar-refractivity contribution in [3.05, 3.63) is 0 Å². The molecule has 1 aliphatic rings. The van der Waals surface area contributed by atoms with Gasteiger partial charge < -0.3 is 4.84 Å². The van der Waals surface area contributed by atoms with Crippen molar-refractivity contribution in [3.63, 3.8) is 0 Å². The summed E-state index contributed by atoms with van der Waals surface area (Å²) in [7, 11) is 0. The summed E-state index contributed by atoms with van der Waals surface area (Å²) in [6, 6.07) is 0. The number of halogens is 1. The highest BCUT2D eigenvalue weighted by molar-refractivity contribution is 8.28. The zero-order valence-corrected chi connectivity index (χ0v) is 8.89. The van der Waals surface area contributed by atoms with Crippen molar-refractivity contribution in [2.75, 3.05) is 0 Å². The number of rotatable bonds is 1. The average Bonchev–Trinajstić information content (AvgIpc) is 2.30. The van der Waals surface area contributed by atoms with E-state index in [9.17, 15) is 4.39 Å². The molecule has 1 rings (SSSR count). The van der Waals surface area contributed by atoms with E-state index in [2.05, 4.69) is 17.4 Å². The van der Waals surface area contributed by atoms with Crippen LogP contribution in [-0.2, 0) is 4.84 Å². The van der Waals surface area contributed by atoms with E-state index in [1.54, 1.807) is 0 Å². The number of nitrogens with one attached hydrogen (secondary N) is 1. The van der Waals surface area contributed by atoms with Crippen LogP contribution in [0.2, 0.25) is 0 Å². The Morgan fingerprint density at radius 1 is 1.77 bits per heavy atom. The molecule has 0 aromatic rings. The lowest BCUT2D eigenvalue weighted by atomic mass is 10.1. The molecule has 0 spiro atoms. The maximum Gasteiger partial charge on any atom is 0.218 e. The number of oxime groups is 1. The van der Waals surface area contributed by atoms with Gasteiger partial charge in [-0.25, -0.2) is 0 Å². The zero-order valence-electron chi connectivity index (χ0n) is 7.26. The summed E-state index contributed by atoms with van der Waals surface area (Å²) in [6.45, 7) is 3.75. The smallest absolute Gasteiger partial charge is 0.218 e. The fraction of sp³-hybridized carbons (Fsp3) is 0.571. The molecular weight excluding hydrogens is 211 g/mol. The molecule has 0 amide bonds. The van der Waals surface area contributed by atoms with E-state index in [1.807, 2.05) is 13.8 Å². The van der Waals surface area contributed by atoms with Gasteiger partial charge in [-0.15, -0.1) is 0 Å². The first-order valence-electron chi connectivity index (χ1n) is 3.62. The fourth-order valence-electron chi connectivity index (χ4n) is 0.816. The second kappa shape index (κ2) is 3.71. The Hall–Kier alpha value is -0.490. The monoisotopic (exact) mass is 220 g/mol. The number of thioether (sulfide) groups is 1. The average molecular weight is 220 g/mol. The van der Waals surface area contributed by atoms with Crippen LogP contribution in [0, 0.1) is 5.41 Å². The van der Waals surface area contributed by atoms with Crippen LogP contribution in [-0.4, -0.2) is 20.8 Å². The molecule has 0 unspecified atom stereocenters. The van der Waals surface area contributed by atoms with Gasteiger partial charge in [0.2, 0.25) is 5.12 Å². The Balaban J connectivity index is 2.50. The summed E-state index contributed by atoms with van der Waals surface area (Å²) in [5, 5.41) is 10.3. The van der Waals surface area contributed by atoms with Gasteiger partial charge in [0.15, 0.2) is 0 Å². The van der Waals surface area contributed by atoms with Crippen molar-refractivity contribution in [3.8, 4) is 0 Å². The molecule has 0 atom stereocenters. The third-order valence-electron chi connectivity index (χ3n) is 1.37. The maximum absolute atomic E-state index is 12.3. The summed E-state index contributed by atoms with van der Waals surface area (Å²) >= 11 is 5.11. The third-order valence-corrected chi connectivity index (χ3v) is 2.54. The minimum absolute atomic E-state index is 0.282. The van der Waals surface area contributed by atoms with Crippen molar-refractivity contribution in [1.82, 2.24) is 0 Å². The third kappa shape index (κ3) is 3.04. The van der Waals surface area contributed by atoms with Gasteiger partial charge in [-0.2, -0.15) is 4.39 Å². The first-order valence-corrected chi connectivity index (χ1v) is 4.84. The van der Waals surface area contributed by atoms with Crippen molar-refractivity contribution in [2.45, 2.75) is 25.9 Å². The van der Waals surface area contributed by atoms with E-state index < -0.39 is 5.12 Å². The zero-order chi connectivity index (χ0) is 10.1. The molecule has 0 fully saturated rings. The molecule has 3 nitrogen and oxygen atoms in total. The summed E-state index contributed by atoms with van der Waals surface area (Å²) in [5.74, 6) is 0. The normalized spacial score (nSPS) is 19.2. The van der Waals surface area contributed by atoms with E-state index in [4.69, 9.17) is 10.2 Å². The first-order chi connectivity index (χ1) is 5.91. The lowest BCUT2D eigenvalue weighted by molar-refractivity contribution is 0.0123. The predicted molar refractivity (Wildman–Crippen MR) is 56.2 cm³/mol. The van der Waals surface area contributed by atoms with Gasteiger partial charge in [0.05, 0.1) is 0 Å². The molecule has 1 aliphatic heterocycles. The van der Waals surface area contributed by atoms with Crippen LogP contribution >= 0.6 is 24.0 Å². The van der Waals surface area contributed by atoms with Crippen LogP contribution in [0.3, 0.4) is 0 Å². The number of hydrogen-bond donors (Lipinski definition) is 1. The fourth-order valence-corrected chi connectivity index (χ4v) is 1.75. The summed E-state index contributed by atoms with van der Waals surface area (Å²) in [5.41, 5.74) is -0.347. The van der Waals surface area contributed by atoms with Crippen molar-refractivity contribution < 1.29 is 9.23 Å². The van der Waals surface area contributed by atoms with E-state index in [1.165, 1.54) is 0 Å². The van der Waals surface area contributed by atoms with Crippen LogP contribution < -0.4 is 0 Å². The van der Waals surface area contributed by atoms with E-state index in [0.29, 0.717) is 11.5 Å². The Bertz CT molecular complexity index is 288. The molecular formula is C7H9FN2OS2. The molecule has 0 saturated heterocycles. The molecule has 6 heteroatoms. The molecule has 0 aliphatic carbocycles. The SMILES string of the molecule is CC1(C)CC(SC(=N)C(F)=S)=NO1. The quantitative estimate of drug-likeness (QED) is 0.319. The molecule has 0 radical (unpaired) electrons. The molecule has 1 N–H and O–H groups in total. The number of thiocarbonyl (C=S) groups is 1. The molecule has 0 bridgehead atoms. The Kier molecular flexibility index (Phi) is 3.02. The van der Waals surface area contributed by atoms with Crippen molar-refractivity contribution in [2.24, 2.45) is 5.16 Å². The maximum atomic E-state index is 12.3. The first kappa shape index (κ1) is 10.6. The minimum Gasteiger partial charge on any atom is -0.389 e. The number of hydrogen-bond acceptors (Lipinski definition) is 5. The number of nitrogens with zero attached hydrogens (tertiary/aromatic N) is 1. The van der Waals surface area contributed by atoms with Gasteiger partial charge >= 0.3 is 0 Å². The van der Waals surface area contributed by atoms with E-state index in [0.717, 1.165) is 11.8 Å². The van der Waals surface area contributed by atoms with Gasteiger partial charge in [-0.05, 0) is 37.8 Å². The molecule has 0 aromatic heterocycles. The van der Waals surface area contributed by atoms with Gasteiger partial charge in [0.1, 0.15) is 15.7 Å². The van der Waals surface area contributed by atoms with Crippen LogP contribution in [0.4, 0.5) is 4.39 Å². The molecule has 0 saturated carbocycles. The second-order valence-corrected chi connectivity index (χ2v) is 4.66. The van der Waals surface area contributed by atoms with Gasteiger partial charge in [0.25, 0.3) is 0 Å². The van der Waals surface area contributed by atoms with Crippen molar-refractivity contribution >= 4 is 39.2 Å². The highest BCUT2D eigenvalue weighted by Gasteiger charge is 2.30. The highest BCUT2D eigenvalue weighted by atomic mass is 32.2. The molecule has 0 aromatic carbocycles. The summed E-state index contributed by atoms with van der Waals surface area (Å²) in [4.78, 5) is 5.04. The van der Waals surface area contributed by atoms with E-state index >= 15 is 0 Å². The van der Waals surface area contributed by atoms with Crippen LogP contribution in [0.15, 0.2) is 5.16 Å². The van der Waals surface area contributed by atoms with Crippen LogP contribution in [0.5, 0.6) is 0 Å². The Morgan fingerprint density at radius 2 is 2.38 bits per heavy atom. The van der Waals surface area contributed by atoms with Gasteiger partial charge in [-0.3, -0.25) is 5.41 Å². The predicted octanol–water partition coefficient (Wildman–Crippen LogP) is 2.51. The topological polar surface area (TPSA) is 45.4 Å². The van der Waals surface area contributed by atoms with Gasteiger partial charge in [-0.1, -0.05) is 5.16 Å². The second-order valence-electron chi connectivity index (χ2n) is 3.22. The standard InChI is InChI=1S/C7H9FN2OS2/c1-7(2)3-4(10-11-7)13-6(9)5(8)12/h9H,3H2,1-2H3. The van der Waals surface area contributed by atoms with Crippen molar-refractivity contribution in [1.29, 1.82) is 5.41 Å². The van der Waals surface area contributed by atoms with Crippen LogP contribution in [0.1, 0.15) is 20.3 Å². The lowest BCUT2D eigenvalue weighted by Crippen LogP contribution is -2.18. The van der Waals surface area contributed by atoms with Crippen LogP contribution in [0.25, 0.3) is 0 Å². The molecule has 13 heavy (non-hydrogen) atoms. The summed E-state index contributed by atoms with van der Waals surface area (Å²) in [6.07, 6.45) is 0.586. The molecule has 1 heterocycles. The Labute approximate surface area is 85.2 Å². The molecule has 72 valence electrons. The Morgan fingerprint density at radius 3 is 2.77 bits per heavy atom.